The number of methoxy groups -OCH3 is 1. The number of aromatic nitrogens is 3. The van der Waals surface area contributed by atoms with Crippen molar-refractivity contribution in [1.29, 1.82) is 0 Å². The van der Waals surface area contributed by atoms with Gasteiger partial charge in [-0.2, -0.15) is 0 Å². The molecule has 0 bridgehead atoms. The van der Waals surface area contributed by atoms with Crippen LogP contribution in [0.4, 0.5) is 5.69 Å². The Balaban J connectivity index is 1.61. The van der Waals surface area contributed by atoms with E-state index in [0.717, 1.165) is 22.8 Å². The number of amides is 1. The molecule has 1 amide bonds. The van der Waals surface area contributed by atoms with E-state index in [4.69, 9.17) is 4.74 Å². The summed E-state index contributed by atoms with van der Waals surface area (Å²) in [5.41, 5.74) is 2.96. The molecule has 1 aromatic heterocycles. The van der Waals surface area contributed by atoms with Gasteiger partial charge in [0.2, 0.25) is 5.91 Å². The van der Waals surface area contributed by atoms with Gasteiger partial charge in [0.15, 0.2) is 11.0 Å². The molecule has 0 aliphatic carbocycles. The molecule has 1 N–H and O–H groups in total. The highest BCUT2D eigenvalue weighted by atomic mass is 32.2. The van der Waals surface area contributed by atoms with Gasteiger partial charge in [0.25, 0.3) is 0 Å². The number of carbonyl (C=O) groups excluding carboxylic acids is 1. The zero-order valence-electron chi connectivity index (χ0n) is 16.5. The van der Waals surface area contributed by atoms with Crippen molar-refractivity contribution in [2.45, 2.75) is 24.9 Å². The smallest absolute Gasteiger partial charge is 0.234 e. The van der Waals surface area contributed by atoms with Crippen LogP contribution in [0.1, 0.15) is 25.3 Å². The summed E-state index contributed by atoms with van der Waals surface area (Å²) in [6.45, 7) is 4.29. The third-order valence-corrected chi connectivity index (χ3v) is 5.38. The molecule has 3 rings (SSSR count). The molecule has 0 aliphatic rings. The van der Waals surface area contributed by atoms with Gasteiger partial charge in [-0.15, -0.1) is 10.2 Å². The minimum absolute atomic E-state index is 0.0757. The SMILES string of the molecule is COc1cccc(-c2nnc(SCC(=O)Nc3ccc(C(C)C)cc3)n2C)c1. The number of anilines is 1. The van der Waals surface area contributed by atoms with Crippen molar-refractivity contribution >= 4 is 23.4 Å². The summed E-state index contributed by atoms with van der Waals surface area (Å²) < 4.78 is 7.14. The summed E-state index contributed by atoms with van der Waals surface area (Å²) in [6, 6.07) is 15.6. The molecule has 0 radical (unpaired) electrons. The average Bonchev–Trinajstić information content (AvgIpc) is 3.07. The monoisotopic (exact) mass is 396 g/mol. The number of nitrogens with one attached hydrogen (secondary N) is 1. The number of thioether (sulfide) groups is 1. The maximum Gasteiger partial charge on any atom is 0.234 e. The van der Waals surface area contributed by atoms with Crippen molar-refractivity contribution in [1.82, 2.24) is 14.8 Å². The van der Waals surface area contributed by atoms with Crippen LogP contribution in [0.15, 0.2) is 53.7 Å². The van der Waals surface area contributed by atoms with E-state index in [1.165, 1.54) is 17.3 Å². The van der Waals surface area contributed by atoms with Gasteiger partial charge < -0.3 is 14.6 Å². The topological polar surface area (TPSA) is 69.0 Å². The standard InChI is InChI=1S/C21H24N4O2S/c1-14(2)15-8-10-17(11-9-15)22-19(26)13-28-21-24-23-20(25(21)3)16-6-5-7-18(12-16)27-4/h5-12,14H,13H2,1-4H3,(H,22,26). The van der Waals surface area contributed by atoms with Crippen LogP contribution >= 0.6 is 11.8 Å². The Kier molecular flexibility index (Phi) is 6.36. The lowest BCUT2D eigenvalue weighted by Crippen LogP contribution is -2.14. The fourth-order valence-electron chi connectivity index (χ4n) is 2.73. The lowest BCUT2D eigenvalue weighted by Gasteiger charge is -2.08. The minimum atomic E-state index is -0.0757. The van der Waals surface area contributed by atoms with Crippen molar-refractivity contribution < 1.29 is 9.53 Å². The van der Waals surface area contributed by atoms with E-state index in [1.807, 2.05) is 60.1 Å². The first-order valence-corrected chi connectivity index (χ1v) is 10.0. The van der Waals surface area contributed by atoms with E-state index in [0.29, 0.717) is 11.1 Å². The molecule has 0 fully saturated rings. The van der Waals surface area contributed by atoms with Crippen molar-refractivity contribution in [3.63, 3.8) is 0 Å². The normalized spacial score (nSPS) is 10.9. The van der Waals surface area contributed by atoms with Gasteiger partial charge in [0.1, 0.15) is 5.75 Å². The van der Waals surface area contributed by atoms with E-state index in [9.17, 15) is 4.79 Å². The summed E-state index contributed by atoms with van der Waals surface area (Å²) in [7, 11) is 3.52. The highest BCUT2D eigenvalue weighted by molar-refractivity contribution is 7.99. The summed E-state index contributed by atoms with van der Waals surface area (Å²) >= 11 is 1.35. The molecule has 7 heteroatoms. The highest BCUT2D eigenvalue weighted by Crippen LogP contribution is 2.25. The third-order valence-electron chi connectivity index (χ3n) is 4.36. The lowest BCUT2D eigenvalue weighted by atomic mass is 10.0. The summed E-state index contributed by atoms with van der Waals surface area (Å²) in [5.74, 6) is 2.14. The van der Waals surface area contributed by atoms with E-state index < -0.39 is 0 Å². The predicted octanol–water partition coefficient (Wildman–Crippen LogP) is 4.34. The van der Waals surface area contributed by atoms with Crippen LogP contribution in [0.5, 0.6) is 5.75 Å². The Morgan fingerprint density at radius 2 is 1.93 bits per heavy atom. The second kappa shape index (κ2) is 8.93. The van der Waals surface area contributed by atoms with Gasteiger partial charge in [0, 0.05) is 18.3 Å². The van der Waals surface area contributed by atoms with Crippen LogP contribution in [-0.2, 0) is 11.8 Å². The van der Waals surface area contributed by atoms with E-state index in [2.05, 4.69) is 29.4 Å². The minimum Gasteiger partial charge on any atom is -0.497 e. The molecule has 146 valence electrons. The van der Waals surface area contributed by atoms with Crippen LogP contribution in [0.2, 0.25) is 0 Å². The van der Waals surface area contributed by atoms with Crippen molar-refractivity contribution in [3.05, 3.63) is 54.1 Å². The third kappa shape index (κ3) is 4.72. The summed E-state index contributed by atoms with van der Waals surface area (Å²) in [6.07, 6.45) is 0. The van der Waals surface area contributed by atoms with Gasteiger partial charge in [0.05, 0.1) is 12.9 Å². The Labute approximate surface area is 169 Å². The van der Waals surface area contributed by atoms with Crippen LogP contribution in [0.3, 0.4) is 0 Å². The Hall–Kier alpha value is -2.80. The molecule has 0 saturated heterocycles. The largest absolute Gasteiger partial charge is 0.497 e. The molecule has 6 nitrogen and oxygen atoms in total. The first-order valence-electron chi connectivity index (χ1n) is 9.04. The first-order chi connectivity index (χ1) is 13.5. The fraction of sp³-hybridized carbons (Fsp3) is 0.286. The number of nitrogens with zero attached hydrogens (tertiary/aromatic N) is 3. The van der Waals surface area contributed by atoms with E-state index in [-0.39, 0.29) is 11.7 Å². The van der Waals surface area contributed by atoms with Crippen LogP contribution in [0.25, 0.3) is 11.4 Å². The number of hydrogen-bond donors (Lipinski definition) is 1. The highest BCUT2D eigenvalue weighted by Gasteiger charge is 2.13. The van der Waals surface area contributed by atoms with Crippen molar-refractivity contribution in [3.8, 4) is 17.1 Å². The quantitative estimate of drug-likeness (QED) is 0.602. The van der Waals surface area contributed by atoms with E-state index in [1.54, 1.807) is 7.11 Å². The van der Waals surface area contributed by atoms with Gasteiger partial charge in [-0.25, -0.2) is 0 Å². The Morgan fingerprint density at radius 3 is 2.61 bits per heavy atom. The molecule has 3 aromatic rings. The molecular formula is C21H24N4O2S. The molecule has 0 aliphatic heterocycles. The second-order valence-electron chi connectivity index (χ2n) is 6.71. The summed E-state index contributed by atoms with van der Waals surface area (Å²) in [5, 5.41) is 12.1. The zero-order valence-corrected chi connectivity index (χ0v) is 17.3. The zero-order chi connectivity index (χ0) is 20.1. The predicted molar refractivity (Wildman–Crippen MR) is 113 cm³/mol. The Bertz CT molecular complexity index is 951. The molecule has 0 spiro atoms. The molecule has 0 atom stereocenters. The maximum absolute atomic E-state index is 12.3. The van der Waals surface area contributed by atoms with Gasteiger partial charge in [-0.1, -0.05) is 49.9 Å². The van der Waals surface area contributed by atoms with Gasteiger partial charge in [-0.3, -0.25) is 4.79 Å². The number of hydrogen-bond acceptors (Lipinski definition) is 5. The lowest BCUT2D eigenvalue weighted by molar-refractivity contribution is -0.113. The van der Waals surface area contributed by atoms with Crippen LogP contribution < -0.4 is 10.1 Å². The molecule has 2 aromatic carbocycles. The van der Waals surface area contributed by atoms with Crippen molar-refractivity contribution in [2.75, 3.05) is 18.2 Å². The van der Waals surface area contributed by atoms with Crippen LogP contribution in [0, 0.1) is 0 Å². The fourth-order valence-corrected chi connectivity index (χ4v) is 3.44. The molecule has 0 unspecified atom stereocenters. The Morgan fingerprint density at radius 1 is 1.18 bits per heavy atom. The maximum atomic E-state index is 12.3. The van der Waals surface area contributed by atoms with Gasteiger partial charge in [-0.05, 0) is 35.7 Å². The summed E-state index contributed by atoms with van der Waals surface area (Å²) in [4.78, 5) is 12.3. The molecule has 28 heavy (non-hydrogen) atoms. The van der Waals surface area contributed by atoms with Gasteiger partial charge >= 0.3 is 0 Å². The van der Waals surface area contributed by atoms with Crippen LogP contribution in [-0.4, -0.2) is 33.5 Å². The second-order valence-corrected chi connectivity index (χ2v) is 7.65. The average molecular weight is 397 g/mol. The van der Waals surface area contributed by atoms with Crippen molar-refractivity contribution in [2.24, 2.45) is 7.05 Å². The molecule has 0 saturated carbocycles. The number of carbonyl (C=O) groups is 1. The first kappa shape index (κ1) is 19.9. The molecule has 1 heterocycles. The number of rotatable bonds is 7. The molecular weight excluding hydrogens is 372 g/mol. The number of ether oxygens (including phenoxy) is 1. The number of benzene rings is 2. The van der Waals surface area contributed by atoms with E-state index >= 15 is 0 Å².